The van der Waals surface area contributed by atoms with E-state index in [0.717, 1.165) is 32.4 Å². The number of benzene rings is 1. The van der Waals surface area contributed by atoms with E-state index in [-0.39, 0.29) is 11.5 Å². The third kappa shape index (κ3) is 9.20. The molecule has 1 rings (SSSR count). The summed E-state index contributed by atoms with van der Waals surface area (Å²) in [6.07, 6.45) is 8.87. The second-order valence-corrected chi connectivity index (χ2v) is 6.42. The molecule has 0 spiro atoms. The Kier molecular flexibility index (Phi) is 10.5. The van der Waals surface area contributed by atoms with Gasteiger partial charge in [0.15, 0.2) is 17.3 Å². The Labute approximate surface area is 151 Å². The highest BCUT2D eigenvalue weighted by molar-refractivity contribution is 5.96. The summed E-state index contributed by atoms with van der Waals surface area (Å²) in [6, 6.07) is 4.44. The standard InChI is InChI=1S/C21H30FNO2/c1-4-5-13-23-14-6-7-15-25-21-12-11-18(16-19(21)22)20(24)10-8-9-17(2)3/h4,6-7,11-12,16-17,23H,1,5,8-10,13-15H2,2-3H3/b7-6+. The van der Waals surface area contributed by atoms with Crippen molar-refractivity contribution in [3.05, 3.63) is 54.4 Å². The summed E-state index contributed by atoms with van der Waals surface area (Å²) in [6.45, 7) is 9.83. The van der Waals surface area contributed by atoms with Gasteiger partial charge >= 0.3 is 0 Å². The molecule has 0 unspecified atom stereocenters. The number of carbonyl (C=O) groups is 1. The molecule has 1 N–H and O–H groups in total. The SMILES string of the molecule is C=CCCNC/C=C/COc1ccc(C(=O)CCCC(C)C)cc1F. The Morgan fingerprint density at radius 1 is 1.36 bits per heavy atom. The van der Waals surface area contributed by atoms with Crippen molar-refractivity contribution in [2.75, 3.05) is 19.7 Å². The third-order valence-corrected chi connectivity index (χ3v) is 3.73. The fourth-order valence-electron chi connectivity index (χ4n) is 2.29. The van der Waals surface area contributed by atoms with Gasteiger partial charge in [-0.1, -0.05) is 38.5 Å². The maximum atomic E-state index is 14.1. The molecule has 138 valence electrons. The van der Waals surface area contributed by atoms with E-state index in [2.05, 4.69) is 25.7 Å². The quantitative estimate of drug-likeness (QED) is 0.312. The highest BCUT2D eigenvalue weighted by Crippen LogP contribution is 2.20. The fourth-order valence-corrected chi connectivity index (χ4v) is 2.29. The zero-order chi connectivity index (χ0) is 18.5. The van der Waals surface area contributed by atoms with Gasteiger partial charge in [-0.2, -0.15) is 0 Å². The average Bonchev–Trinajstić information content (AvgIpc) is 2.58. The van der Waals surface area contributed by atoms with Crippen molar-refractivity contribution < 1.29 is 13.9 Å². The van der Waals surface area contributed by atoms with E-state index in [4.69, 9.17) is 4.74 Å². The maximum Gasteiger partial charge on any atom is 0.165 e. The molecular formula is C21H30FNO2. The van der Waals surface area contributed by atoms with Gasteiger partial charge in [0, 0.05) is 18.5 Å². The van der Waals surface area contributed by atoms with Crippen LogP contribution in [-0.2, 0) is 0 Å². The number of Topliss-reactive ketones (excluding diaryl/α,β-unsaturated/α-hetero) is 1. The lowest BCUT2D eigenvalue weighted by atomic mass is 10.0. The molecule has 1 aromatic carbocycles. The predicted octanol–water partition coefficient (Wildman–Crippen LogP) is 4.94. The lowest BCUT2D eigenvalue weighted by molar-refractivity contribution is 0.0977. The zero-order valence-corrected chi connectivity index (χ0v) is 15.4. The number of nitrogens with one attached hydrogen (secondary N) is 1. The van der Waals surface area contributed by atoms with Crippen LogP contribution in [0.1, 0.15) is 49.9 Å². The minimum absolute atomic E-state index is 0.0170. The van der Waals surface area contributed by atoms with Crippen LogP contribution in [0.15, 0.2) is 43.0 Å². The molecule has 3 nitrogen and oxygen atoms in total. The maximum absolute atomic E-state index is 14.1. The second-order valence-electron chi connectivity index (χ2n) is 6.42. The topological polar surface area (TPSA) is 38.3 Å². The van der Waals surface area contributed by atoms with E-state index < -0.39 is 5.82 Å². The molecule has 0 heterocycles. The van der Waals surface area contributed by atoms with Crippen LogP contribution in [0.2, 0.25) is 0 Å². The van der Waals surface area contributed by atoms with Crippen LogP contribution in [-0.4, -0.2) is 25.5 Å². The molecule has 0 amide bonds. The predicted molar refractivity (Wildman–Crippen MR) is 102 cm³/mol. The summed E-state index contributed by atoms with van der Waals surface area (Å²) in [5, 5.41) is 3.21. The molecule has 25 heavy (non-hydrogen) atoms. The molecule has 4 heteroatoms. The highest BCUT2D eigenvalue weighted by Gasteiger charge is 2.10. The van der Waals surface area contributed by atoms with Gasteiger partial charge in [-0.25, -0.2) is 4.39 Å². The van der Waals surface area contributed by atoms with Crippen LogP contribution in [0.4, 0.5) is 4.39 Å². The first-order valence-corrected chi connectivity index (χ1v) is 8.96. The van der Waals surface area contributed by atoms with Crippen molar-refractivity contribution in [2.24, 2.45) is 5.92 Å². The largest absolute Gasteiger partial charge is 0.486 e. The first kappa shape index (κ1) is 21.1. The van der Waals surface area contributed by atoms with E-state index >= 15 is 0 Å². The Hall–Kier alpha value is -1.94. The lowest BCUT2D eigenvalue weighted by Gasteiger charge is -2.07. The molecule has 0 aliphatic heterocycles. The van der Waals surface area contributed by atoms with Crippen LogP contribution >= 0.6 is 0 Å². The number of carbonyl (C=O) groups excluding carboxylic acids is 1. The van der Waals surface area contributed by atoms with Gasteiger partial charge in [0.2, 0.25) is 0 Å². The van der Waals surface area contributed by atoms with Crippen molar-refractivity contribution in [3.8, 4) is 5.75 Å². The van der Waals surface area contributed by atoms with E-state index in [0.29, 0.717) is 24.5 Å². The fraction of sp³-hybridized carbons (Fsp3) is 0.476. The van der Waals surface area contributed by atoms with Gasteiger partial charge in [0.1, 0.15) is 6.61 Å². The van der Waals surface area contributed by atoms with Gasteiger partial charge in [0.25, 0.3) is 0 Å². The van der Waals surface area contributed by atoms with Gasteiger partial charge < -0.3 is 10.1 Å². The van der Waals surface area contributed by atoms with Crippen LogP contribution < -0.4 is 10.1 Å². The molecule has 0 bridgehead atoms. The normalized spacial score (nSPS) is 11.2. The van der Waals surface area contributed by atoms with E-state index in [1.807, 2.05) is 18.2 Å². The van der Waals surface area contributed by atoms with Crippen LogP contribution in [0.25, 0.3) is 0 Å². The summed E-state index contributed by atoms with van der Waals surface area (Å²) in [5.41, 5.74) is 0.413. The molecule has 0 atom stereocenters. The Balaban J connectivity index is 2.38. The molecule has 0 fully saturated rings. The Bertz CT molecular complexity index is 567. The molecule has 0 saturated carbocycles. The van der Waals surface area contributed by atoms with Gasteiger partial charge in [-0.3, -0.25) is 4.79 Å². The Morgan fingerprint density at radius 2 is 2.16 bits per heavy atom. The van der Waals surface area contributed by atoms with Gasteiger partial charge in [-0.15, -0.1) is 6.58 Å². The number of ether oxygens (including phenoxy) is 1. The lowest BCUT2D eigenvalue weighted by Crippen LogP contribution is -2.14. The number of hydrogen-bond acceptors (Lipinski definition) is 3. The van der Waals surface area contributed by atoms with Crippen LogP contribution in [0.3, 0.4) is 0 Å². The molecule has 0 aliphatic carbocycles. The zero-order valence-electron chi connectivity index (χ0n) is 15.4. The average molecular weight is 347 g/mol. The second kappa shape index (κ2) is 12.4. The third-order valence-electron chi connectivity index (χ3n) is 3.73. The van der Waals surface area contributed by atoms with Crippen LogP contribution in [0.5, 0.6) is 5.75 Å². The van der Waals surface area contributed by atoms with Gasteiger partial charge in [0.05, 0.1) is 0 Å². The number of ketones is 1. The van der Waals surface area contributed by atoms with Crippen molar-refractivity contribution >= 4 is 5.78 Å². The van der Waals surface area contributed by atoms with E-state index in [9.17, 15) is 9.18 Å². The number of halogens is 1. The van der Waals surface area contributed by atoms with Crippen molar-refractivity contribution in [2.45, 2.75) is 39.5 Å². The van der Waals surface area contributed by atoms with Crippen molar-refractivity contribution in [1.29, 1.82) is 0 Å². The monoisotopic (exact) mass is 347 g/mol. The van der Waals surface area contributed by atoms with E-state index in [1.165, 1.54) is 12.1 Å². The molecule has 0 aromatic heterocycles. The highest BCUT2D eigenvalue weighted by atomic mass is 19.1. The smallest absolute Gasteiger partial charge is 0.165 e. The van der Waals surface area contributed by atoms with Crippen molar-refractivity contribution in [3.63, 3.8) is 0 Å². The first-order chi connectivity index (χ1) is 12.0. The van der Waals surface area contributed by atoms with Gasteiger partial charge in [-0.05, 0) is 43.5 Å². The summed E-state index contributed by atoms with van der Waals surface area (Å²) in [4.78, 5) is 12.1. The summed E-state index contributed by atoms with van der Waals surface area (Å²) >= 11 is 0. The minimum atomic E-state index is -0.493. The van der Waals surface area contributed by atoms with Crippen LogP contribution in [0, 0.1) is 11.7 Å². The molecule has 0 radical (unpaired) electrons. The summed E-state index contributed by atoms with van der Waals surface area (Å²) in [7, 11) is 0. The van der Waals surface area contributed by atoms with Crippen molar-refractivity contribution in [1.82, 2.24) is 5.32 Å². The first-order valence-electron chi connectivity index (χ1n) is 8.96. The Morgan fingerprint density at radius 3 is 2.84 bits per heavy atom. The minimum Gasteiger partial charge on any atom is -0.486 e. The molecular weight excluding hydrogens is 317 g/mol. The molecule has 1 aromatic rings. The molecule has 0 saturated heterocycles. The van der Waals surface area contributed by atoms with E-state index in [1.54, 1.807) is 6.07 Å². The summed E-state index contributed by atoms with van der Waals surface area (Å²) < 4.78 is 19.4. The molecule has 0 aliphatic rings. The number of rotatable bonds is 13. The number of hydrogen-bond donors (Lipinski definition) is 1. The summed E-state index contributed by atoms with van der Waals surface area (Å²) in [5.74, 6) is 0.234.